The minimum atomic E-state index is -3.55. The molecule has 1 aliphatic rings. The molecular weight excluding hydrogens is 402 g/mol. The van der Waals surface area contributed by atoms with Gasteiger partial charge in [0.2, 0.25) is 15.9 Å². The van der Waals surface area contributed by atoms with Gasteiger partial charge in [-0.15, -0.1) is 0 Å². The molecule has 0 unspecified atom stereocenters. The minimum absolute atomic E-state index is 0.128. The number of nitrogens with one attached hydrogen (secondary N) is 1. The van der Waals surface area contributed by atoms with Crippen LogP contribution in [0.15, 0.2) is 53.7 Å². The molecule has 158 valence electrons. The molecule has 9 heteroatoms. The normalized spacial score (nSPS) is 16.2. The second kappa shape index (κ2) is 8.16. The lowest BCUT2D eigenvalue weighted by Crippen LogP contribution is -2.41. The van der Waals surface area contributed by atoms with E-state index < -0.39 is 10.0 Å². The zero-order chi connectivity index (χ0) is 21.3. The zero-order valence-corrected chi connectivity index (χ0v) is 17.8. The van der Waals surface area contributed by atoms with Gasteiger partial charge in [0.1, 0.15) is 5.82 Å². The molecular formula is C21H25N5O3S. The average Bonchev–Trinajstić information content (AvgIpc) is 3.24. The van der Waals surface area contributed by atoms with E-state index in [1.807, 2.05) is 12.1 Å². The number of nitrogens with zero attached hydrogens (tertiary/aromatic N) is 4. The highest BCUT2D eigenvalue weighted by atomic mass is 32.2. The third-order valence-electron chi connectivity index (χ3n) is 5.55. The van der Waals surface area contributed by atoms with Gasteiger partial charge in [0, 0.05) is 31.3 Å². The maximum atomic E-state index is 13.0. The first-order chi connectivity index (χ1) is 14.4. The van der Waals surface area contributed by atoms with Crippen LogP contribution >= 0.6 is 0 Å². The Kier molecular flexibility index (Phi) is 5.57. The van der Waals surface area contributed by atoms with Crippen molar-refractivity contribution in [3.8, 4) is 0 Å². The third kappa shape index (κ3) is 3.95. The van der Waals surface area contributed by atoms with Crippen molar-refractivity contribution >= 4 is 27.4 Å². The number of sulfonamides is 1. The number of carbonyl (C=O) groups is 1. The summed E-state index contributed by atoms with van der Waals surface area (Å²) in [5, 5.41) is 7.06. The Morgan fingerprint density at radius 1 is 1.07 bits per heavy atom. The first kappa shape index (κ1) is 20.5. The number of fused-ring (bicyclic) bond motifs is 1. The number of rotatable bonds is 5. The molecule has 3 heterocycles. The van der Waals surface area contributed by atoms with Gasteiger partial charge >= 0.3 is 0 Å². The van der Waals surface area contributed by atoms with Crippen molar-refractivity contribution in [2.24, 2.45) is 5.92 Å². The van der Waals surface area contributed by atoms with E-state index in [0.29, 0.717) is 48.2 Å². The number of hydrogen-bond donors (Lipinski definition) is 1. The molecule has 1 fully saturated rings. The largest absolute Gasteiger partial charge is 0.310 e. The number of aromatic nitrogens is 3. The molecule has 0 bridgehead atoms. The van der Waals surface area contributed by atoms with Crippen LogP contribution < -0.4 is 5.32 Å². The summed E-state index contributed by atoms with van der Waals surface area (Å²) in [6.07, 6.45) is 4.19. The molecule has 2 aromatic heterocycles. The Morgan fingerprint density at radius 2 is 1.77 bits per heavy atom. The fourth-order valence-corrected chi connectivity index (χ4v) is 5.16. The lowest BCUT2D eigenvalue weighted by Gasteiger charge is -2.30. The van der Waals surface area contributed by atoms with E-state index in [4.69, 9.17) is 0 Å². The van der Waals surface area contributed by atoms with Gasteiger partial charge in [0.25, 0.3) is 0 Å². The zero-order valence-electron chi connectivity index (χ0n) is 17.0. The highest BCUT2D eigenvalue weighted by Gasteiger charge is 2.32. The second-order valence-corrected chi connectivity index (χ2v) is 9.76. The Balaban J connectivity index is 1.40. The molecule has 1 amide bonds. The monoisotopic (exact) mass is 427 g/mol. The number of anilines is 1. The molecule has 1 aliphatic heterocycles. The van der Waals surface area contributed by atoms with Crippen LogP contribution in [0.3, 0.4) is 0 Å². The van der Waals surface area contributed by atoms with E-state index in [1.165, 1.54) is 4.31 Å². The van der Waals surface area contributed by atoms with Gasteiger partial charge in [-0.25, -0.2) is 13.4 Å². The van der Waals surface area contributed by atoms with E-state index >= 15 is 0 Å². The maximum absolute atomic E-state index is 13.0. The molecule has 0 saturated carbocycles. The third-order valence-corrected chi connectivity index (χ3v) is 7.46. The SMILES string of the molecule is CC(C)c1ccc(S(=O)(=O)N2CCC(C(=O)Nc3ccnc4ccnn34)CC2)cc1. The first-order valence-corrected chi connectivity index (χ1v) is 11.5. The number of benzene rings is 1. The van der Waals surface area contributed by atoms with Crippen molar-refractivity contribution in [3.05, 3.63) is 54.4 Å². The Bertz CT molecular complexity index is 1150. The summed E-state index contributed by atoms with van der Waals surface area (Å²) < 4.78 is 29.0. The van der Waals surface area contributed by atoms with Crippen molar-refractivity contribution in [2.45, 2.75) is 37.5 Å². The van der Waals surface area contributed by atoms with Gasteiger partial charge in [-0.1, -0.05) is 26.0 Å². The van der Waals surface area contributed by atoms with E-state index in [1.54, 1.807) is 41.2 Å². The average molecular weight is 428 g/mol. The fourth-order valence-electron chi connectivity index (χ4n) is 3.69. The van der Waals surface area contributed by atoms with Crippen molar-refractivity contribution < 1.29 is 13.2 Å². The van der Waals surface area contributed by atoms with Crippen LogP contribution in [-0.4, -0.2) is 46.3 Å². The molecule has 3 aromatic rings. The smallest absolute Gasteiger partial charge is 0.243 e. The summed E-state index contributed by atoms with van der Waals surface area (Å²) in [7, 11) is -3.55. The topological polar surface area (TPSA) is 96.7 Å². The summed E-state index contributed by atoms with van der Waals surface area (Å²) in [6, 6.07) is 10.5. The minimum Gasteiger partial charge on any atom is -0.310 e. The molecule has 1 saturated heterocycles. The quantitative estimate of drug-likeness (QED) is 0.675. The highest BCUT2D eigenvalue weighted by Crippen LogP contribution is 2.26. The van der Waals surface area contributed by atoms with Gasteiger partial charge in [-0.05, 0) is 42.5 Å². The van der Waals surface area contributed by atoms with Gasteiger partial charge < -0.3 is 5.32 Å². The summed E-state index contributed by atoms with van der Waals surface area (Å²) >= 11 is 0. The van der Waals surface area contributed by atoms with E-state index in [-0.39, 0.29) is 11.8 Å². The summed E-state index contributed by atoms with van der Waals surface area (Å²) in [5.74, 6) is 0.518. The standard InChI is InChI=1S/C21H25N5O3S/c1-15(2)16-3-5-18(6-4-16)30(28,29)25-13-9-17(10-14-25)21(27)24-20-7-11-22-19-8-12-23-26(19)20/h3-8,11-12,15,17H,9-10,13-14H2,1-2H3,(H,24,27). The number of amides is 1. The van der Waals surface area contributed by atoms with Crippen molar-refractivity contribution in [2.75, 3.05) is 18.4 Å². The van der Waals surface area contributed by atoms with Crippen molar-refractivity contribution in [1.29, 1.82) is 0 Å². The molecule has 8 nitrogen and oxygen atoms in total. The number of carbonyl (C=O) groups excluding carboxylic acids is 1. The predicted octanol–water partition coefficient (Wildman–Crippen LogP) is 2.89. The van der Waals surface area contributed by atoms with Crippen LogP contribution in [0, 0.1) is 5.92 Å². The number of hydrogen-bond acceptors (Lipinski definition) is 5. The van der Waals surface area contributed by atoms with E-state index in [0.717, 1.165) is 5.56 Å². The summed E-state index contributed by atoms with van der Waals surface area (Å²) in [5.41, 5.74) is 1.75. The van der Waals surface area contributed by atoms with Gasteiger partial charge in [0.05, 0.1) is 11.1 Å². The van der Waals surface area contributed by atoms with Gasteiger partial charge in [0.15, 0.2) is 5.65 Å². The van der Waals surface area contributed by atoms with E-state index in [2.05, 4.69) is 29.2 Å². The van der Waals surface area contributed by atoms with Crippen LogP contribution in [0.25, 0.3) is 5.65 Å². The molecule has 0 radical (unpaired) electrons. The van der Waals surface area contributed by atoms with Crippen LogP contribution in [0.2, 0.25) is 0 Å². The molecule has 4 rings (SSSR count). The van der Waals surface area contributed by atoms with Gasteiger partial charge in [-0.2, -0.15) is 13.9 Å². The molecule has 0 atom stereocenters. The maximum Gasteiger partial charge on any atom is 0.243 e. The molecule has 1 aromatic carbocycles. The highest BCUT2D eigenvalue weighted by molar-refractivity contribution is 7.89. The second-order valence-electron chi connectivity index (χ2n) is 7.82. The summed E-state index contributed by atoms with van der Waals surface area (Å²) in [6.45, 7) is 4.78. The summed E-state index contributed by atoms with van der Waals surface area (Å²) in [4.78, 5) is 17.2. The fraction of sp³-hybridized carbons (Fsp3) is 0.381. The lowest BCUT2D eigenvalue weighted by atomic mass is 9.97. The van der Waals surface area contributed by atoms with Crippen molar-refractivity contribution in [3.63, 3.8) is 0 Å². The van der Waals surface area contributed by atoms with Crippen LogP contribution in [0.5, 0.6) is 0 Å². The lowest BCUT2D eigenvalue weighted by molar-refractivity contribution is -0.120. The van der Waals surface area contributed by atoms with Crippen molar-refractivity contribution in [1.82, 2.24) is 18.9 Å². The number of piperidine rings is 1. The molecule has 1 N–H and O–H groups in total. The van der Waals surface area contributed by atoms with Crippen LogP contribution in [0.4, 0.5) is 5.82 Å². The molecule has 0 spiro atoms. The Morgan fingerprint density at radius 3 is 2.43 bits per heavy atom. The van der Waals surface area contributed by atoms with Crippen LogP contribution in [-0.2, 0) is 14.8 Å². The van der Waals surface area contributed by atoms with Gasteiger partial charge in [-0.3, -0.25) is 4.79 Å². The predicted molar refractivity (Wildman–Crippen MR) is 114 cm³/mol. The molecule has 30 heavy (non-hydrogen) atoms. The van der Waals surface area contributed by atoms with E-state index in [9.17, 15) is 13.2 Å². The molecule has 0 aliphatic carbocycles. The van der Waals surface area contributed by atoms with Crippen LogP contribution in [0.1, 0.15) is 38.2 Å². The Hall–Kier alpha value is -2.78. The first-order valence-electron chi connectivity index (χ1n) is 10.1. The Labute approximate surface area is 176 Å².